The highest BCUT2D eigenvalue weighted by atomic mass is 14.8. The van der Waals surface area contributed by atoms with E-state index in [0.29, 0.717) is 6.54 Å². The van der Waals surface area contributed by atoms with Gasteiger partial charge in [-0.3, -0.25) is 4.98 Å². The summed E-state index contributed by atoms with van der Waals surface area (Å²) in [5.41, 5.74) is 9.40. The van der Waals surface area contributed by atoms with Crippen molar-refractivity contribution < 1.29 is 0 Å². The summed E-state index contributed by atoms with van der Waals surface area (Å²) in [4.78, 5) is 8.68. The van der Waals surface area contributed by atoms with E-state index in [2.05, 4.69) is 9.97 Å². The third kappa shape index (κ3) is 1.38. The standard InChI is InChI=1S/C10H11N3/c1-7-6-12-10-8(5-11)3-2-4-9(10)13-7/h2-4,6H,5,11H2,1H3. The van der Waals surface area contributed by atoms with Crippen LogP contribution in [0.3, 0.4) is 0 Å². The van der Waals surface area contributed by atoms with Crippen LogP contribution in [-0.4, -0.2) is 9.97 Å². The summed E-state index contributed by atoms with van der Waals surface area (Å²) in [5, 5.41) is 0. The fourth-order valence-electron chi connectivity index (χ4n) is 1.36. The molecule has 2 aromatic rings. The number of hydrogen-bond acceptors (Lipinski definition) is 3. The Morgan fingerprint density at radius 3 is 3.00 bits per heavy atom. The van der Waals surface area contributed by atoms with Crippen molar-refractivity contribution in [1.82, 2.24) is 9.97 Å². The molecule has 0 amide bonds. The van der Waals surface area contributed by atoms with Crippen molar-refractivity contribution >= 4 is 11.0 Å². The Hall–Kier alpha value is -1.48. The van der Waals surface area contributed by atoms with Crippen LogP contribution in [0, 0.1) is 6.92 Å². The van der Waals surface area contributed by atoms with Crippen molar-refractivity contribution in [2.24, 2.45) is 5.73 Å². The highest BCUT2D eigenvalue weighted by molar-refractivity contribution is 5.77. The van der Waals surface area contributed by atoms with E-state index in [1.807, 2.05) is 25.1 Å². The molecule has 66 valence electrons. The molecule has 0 fully saturated rings. The molecule has 0 unspecified atom stereocenters. The van der Waals surface area contributed by atoms with Crippen LogP contribution in [-0.2, 0) is 6.54 Å². The highest BCUT2D eigenvalue weighted by Gasteiger charge is 2.00. The number of fused-ring (bicyclic) bond motifs is 1. The van der Waals surface area contributed by atoms with Gasteiger partial charge in [-0.05, 0) is 18.6 Å². The molecule has 3 heteroatoms. The van der Waals surface area contributed by atoms with E-state index < -0.39 is 0 Å². The van der Waals surface area contributed by atoms with Crippen molar-refractivity contribution in [3.63, 3.8) is 0 Å². The van der Waals surface area contributed by atoms with E-state index in [1.165, 1.54) is 0 Å². The Balaban J connectivity index is 2.77. The van der Waals surface area contributed by atoms with Gasteiger partial charge in [0.15, 0.2) is 0 Å². The van der Waals surface area contributed by atoms with Gasteiger partial charge in [0.1, 0.15) is 0 Å². The summed E-state index contributed by atoms with van der Waals surface area (Å²) in [7, 11) is 0. The van der Waals surface area contributed by atoms with Gasteiger partial charge in [0.25, 0.3) is 0 Å². The number of para-hydroxylation sites is 1. The van der Waals surface area contributed by atoms with E-state index >= 15 is 0 Å². The molecule has 0 aliphatic carbocycles. The van der Waals surface area contributed by atoms with Crippen LogP contribution in [0.5, 0.6) is 0 Å². The third-order valence-electron chi connectivity index (χ3n) is 2.00. The summed E-state index contributed by atoms with van der Waals surface area (Å²) in [6.07, 6.45) is 1.77. The second-order valence-corrected chi connectivity index (χ2v) is 3.00. The minimum atomic E-state index is 0.509. The molecule has 0 aliphatic rings. The number of aromatic nitrogens is 2. The fourth-order valence-corrected chi connectivity index (χ4v) is 1.36. The lowest BCUT2D eigenvalue weighted by Crippen LogP contribution is -1.99. The Bertz CT molecular complexity index is 437. The van der Waals surface area contributed by atoms with Gasteiger partial charge >= 0.3 is 0 Å². The zero-order valence-electron chi connectivity index (χ0n) is 7.49. The average molecular weight is 173 g/mol. The normalized spacial score (nSPS) is 10.6. The Morgan fingerprint density at radius 1 is 1.38 bits per heavy atom. The van der Waals surface area contributed by atoms with Crippen LogP contribution in [0.1, 0.15) is 11.3 Å². The molecular weight excluding hydrogens is 162 g/mol. The molecule has 3 nitrogen and oxygen atoms in total. The zero-order chi connectivity index (χ0) is 9.26. The number of aryl methyl sites for hydroxylation is 1. The number of nitrogens with two attached hydrogens (primary N) is 1. The first-order valence-electron chi connectivity index (χ1n) is 4.22. The average Bonchev–Trinajstić information content (AvgIpc) is 2.16. The first-order chi connectivity index (χ1) is 6.31. The molecule has 0 atom stereocenters. The van der Waals surface area contributed by atoms with Gasteiger partial charge < -0.3 is 5.73 Å². The van der Waals surface area contributed by atoms with Crippen LogP contribution in [0.25, 0.3) is 11.0 Å². The smallest absolute Gasteiger partial charge is 0.0931 e. The number of nitrogens with zero attached hydrogens (tertiary/aromatic N) is 2. The Labute approximate surface area is 76.6 Å². The van der Waals surface area contributed by atoms with Gasteiger partial charge in [0.05, 0.1) is 16.7 Å². The van der Waals surface area contributed by atoms with Crippen LogP contribution in [0.2, 0.25) is 0 Å². The third-order valence-corrected chi connectivity index (χ3v) is 2.00. The van der Waals surface area contributed by atoms with Crippen molar-refractivity contribution in [1.29, 1.82) is 0 Å². The molecule has 2 N–H and O–H groups in total. The van der Waals surface area contributed by atoms with Gasteiger partial charge in [0, 0.05) is 12.7 Å². The molecule has 1 aromatic carbocycles. The minimum absolute atomic E-state index is 0.509. The van der Waals surface area contributed by atoms with Crippen molar-refractivity contribution in [2.75, 3.05) is 0 Å². The molecule has 0 saturated heterocycles. The van der Waals surface area contributed by atoms with E-state index in [4.69, 9.17) is 5.73 Å². The van der Waals surface area contributed by atoms with E-state index in [0.717, 1.165) is 22.3 Å². The van der Waals surface area contributed by atoms with Crippen molar-refractivity contribution in [2.45, 2.75) is 13.5 Å². The van der Waals surface area contributed by atoms with Crippen molar-refractivity contribution in [3.8, 4) is 0 Å². The van der Waals surface area contributed by atoms with Crippen LogP contribution in [0.4, 0.5) is 0 Å². The molecule has 1 aromatic heterocycles. The Kier molecular flexibility index (Phi) is 1.94. The first kappa shape index (κ1) is 8.13. The molecule has 0 aliphatic heterocycles. The van der Waals surface area contributed by atoms with Crippen LogP contribution < -0.4 is 5.73 Å². The highest BCUT2D eigenvalue weighted by Crippen LogP contribution is 2.13. The molecule has 0 spiro atoms. The van der Waals surface area contributed by atoms with Crippen LogP contribution in [0.15, 0.2) is 24.4 Å². The predicted molar refractivity (Wildman–Crippen MR) is 52.2 cm³/mol. The summed E-state index contributed by atoms with van der Waals surface area (Å²) in [6, 6.07) is 5.89. The van der Waals surface area contributed by atoms with Gasteiger partial charge in [-0.15, -0.1) is 0 Å². The van der Waals surface area contributed by atoms with Gasteiger partial charge in [-0.1, -0.05) is 12.1 Å². The van der Waals surface area contributed by atoms with Gasteiger partial charge in [-0.2, -0.15) is 0 Å². The quantitative estimate of drug-likeness (QED) is 0.709. The predicted octanol–water partition coefficient (Wildman–Crippen LogP) is 1.40. The molecule has 1 heterocycles. The molecule has 0 radical (unpaired) electrons. The van der Waals surface area contributed by atoms with Gasteiger partial charge in [-0.25, -0.2) is 4.98 Å². The summed E-state index contributed by atoms with van der Waals surface area (Å²) in [6.45, 7) is 2.44. The van der Waals surface area contributed by atoms with Crippen molar-refractivity contribution in [3.05, 3.63) is 35.7 Å². The number of benzene rings is 1. The van der Waals surface area contributed by atoms with Crippen LogP contribution >= 0.6 is 0 Å². The van der Waals surface area contributed by atoms with E-state index in [1.54, 1.807) is 6.20 Å². The second-order valence-electron chi connectivity index (χ2n) is 3.00. The summed E-state index contributed by atoms with van der Waals surface area (Å²) in [5.74, 6) is 0. The van der Waals surface area contributed by atoms with E-state index in [-0.39, 0.29) is 0 Å². The topological polar surface area (TPSA) is 51.8 Å². The summed E-state index contributed by atoms with van der Waals surface area (Å²) < 4.78 is 0. The minimum Gasteiger partial charge on any atom is -0.326 e. The maximum atomic E-state index is 5.59. The maximum absolute atomic E-state index is 5.59. The molecule has 13 heavy (non-hydrogen) atoms. The maximum Gasteiger partial charge on any atom is 0.0931 e. The molecule has 0 bridgehead atoms. The lowest BCUT2D eigenvalue weighted by atomic mass is 10.2. The fraction of sp³-hybridized carbons (Fsp3) is 0.200. The summed E-state index contributed by atoms with van der Waals surface area (Å²) >= 11 is 0. The largest absolute Gasteiger partial charge is 0.326 e. The monoisotopic (exact) mass is 173 g/mol. The molecule has 0 saturated carbocycles. The second kappa shape index (κ2) is 3.11. The van der Waals surface area contributed by atoms with E-state index in [9.17, 15) is 0 Å². The lowest BCUT2D eigenvalue weighted by Gasteiger charge is -2.02. The number of rotatable bonds is 1. The SMILES string of the molecule is Cc1cnc2c(CN)cccc2n1. The number of hydrogen-bond donors (Lipinski definition) is 1. The lowest BCUT2D eigenvalue weighted by molar-refractivity contribution is 1.07. The first-order valence-corrected chi connectivity index (χ1v) is 4.22. The van der Waals surface area contributed by atoms with Gasteiger partial charge in [0.2, 0.25) is 0 Å². The zero-order valence-corrected chi connectivity index (χ0v) is 7.49. The molecule has 2 rings (SSSR count). The Morgan fingerprint density at radius 2 is 2.23 bits per heavy atom. The molecular formula is C10H11N3.